The van der Waals surface area contributed by atoms with Gasteiger partial charge in [-0.3, -0.25) is 4.79 Å². The molecule has 0 aliphatic carbocycles. The number of hydrogen-bond donors (Lipinski definition) is 0. The van der Waals surface area contributed by atoms with Crippen molar-refractivity contribution < 1.29 is 9.53 Å². The largest absolute Gasteiger partial charge is 0.469 e. The number of benzene rings is 1. The van der Waals surface area contributed by atoms with Gasteiger partial charge in [0.1, 0.15) is 0 Å². The zero-order valence-corrected chi connectivity index (χ0v) is 13.2. The van der Waals surface area contributed by atoms with Crippen LogP contribution in [-0.4, -0.2) is 13.1 Å². The van der Waals surface area contributed by atoms with Crippen molar-refractivity contribution in [3.05, 3.63) is 35.9 Å². The van der Waals surface area contributed by atoms with Crippen molar-refractivity contribution >= 4 is 5.97 Å². The fraction of sp³-hybridized carbons (Fsp3) is 0.611. The monoisotopic (exact) mass is 276 g/mol. The first kappa shape index (κ1) is 16.7. The number of methoxy groups -OCH3 is 1. The minimum Gasteiger partial charge on any atom is -0.469 e. The van der Waals surface area contributed by atoms with Gasteiger partial charge in [0, 0.05) is 5.41 Å². The van der Waals surface area contributed by atoms with Crippen molar-refractivity contribution in [1.29, 1.82) is 0 Å². The second kappa shape index (κ2) is 8.78. The van der Waals surface area contributed by atoms with E-state index in [1.54, 1.807) is 0 Å². The summed E-state index contributed by atoms with van der Waals surface area (Å²) in [6.45, 7) is 4.40. The third kappa shape index (κ3) is 4.66. The number of ether oxygens (including phenoxy) is 1. The maximum Gasteiger partial charge on any atom is 0.306 e. The van der Waals surface area contributed by atoms with Crippen LogP contribution < -0.4 is 0 Å². The van der Waals surface area contributed by atoms with E-state index >= 15 is 0 Å². The lowest BCUT2D eigenvalue weighted by Gasteiger charge is -2.33. The lowest BCUT2D eigenvalue weighted by Crippen LogP contribution is -2.30. The molecular weight excluding hydrogens is 248 g/mol. The molecule has 0 amide bonds. The second-order valence-electron chi connectivity index (χ2n) is 5.61. The molecule has 0 saturated carbocycles. The zero-order valence-electron chi connectivity index (χ0n) is 13.2. The molecule has 112 valence electrons. The summed E-state index contributed by atoms with van der Waals surface area (Å²) in [6.07, 6.45) is 7.27. The van der Waals surface area contributed by atoms with Gasteiger partial charge >= 0.3 is 5.97 Å². The molecule has 0 aliphatic rings. The van der Waals surface area contributed by atoms with Crippen molar-refractivity contribution in [2.24, 2.45) is 0 Å². The molecule has 1 aromatic rings. The summed E-state index contributed by atoms with van der Waals surface area (Å²) in [4.78, 5) is 11.9. The summed E-state index contributed by atoms with van der Waals surface area (Å²) >= 11 is 0. The highest BCUT2D eigenvalue weighted by Gasteiger charge is 2.33. The van der Waals surface area contributed by atoms with Crippen LogP contribution in [0.4, 0.5) is 0 Å². The number of rotatable bonds is 9. The van der Waals surface area contributed by atoms with Gasteiger partial charge in [-0.05, 0) is 18.4 Å². The van der Waals surface area contributed by atoms with Gasteiger partial charge in [0.15, 0.2) is 0 Å². The molecule has 0 radical (unpaired) electrons. The topological polar surface area (TPSA) is 26.3 Å². The third-order valence-electron chi connectivity index (χ3n) is 4.08. The maximum absolute atomic E-state index is 11.9. The minimum atomic E-state index is -0.0983. The van der Waals surface area contributed by atoms with Gasteiger partial charge in [0.2, 0.25) is 0 Å². The molecule has 0 N–H and O–H groups in total. The van der Waals surface area contributed by atoms with E-state index in [4.69, 9.17) is 4.74 Å². The van der Waals surface area contributed by atoms with E-state index in [1.807, 2.05) is 6.07 Å². The van der Waals surface area contributed by atoms with Crippen molar-refractivity contribution in [3.63, 3.8) is 0 Å². The summed E-state index contributed by atoms with van der Waals surface area (Å²) in [6, 6.07) is 10.5. The number of carbonyl (C=O) groups is 1. The Kier molecular flexibility index (Phi) is 7.35. The Hall–Kier alpha value is -1.31. The van der Waals surface area contributed by atoms with Crippen LogP contribution in [0.5, 0.6) is 0 Å². The van der Waals surface area contributed by atoms with Crippen LogP contribution in [0.3, 0.4) is 0 Å². The Morgan fingerprint density at radius 1 is 1.05 bits per heavy atom. The van der Waals surface area contributed by atoms with Crippen LogP contribution in [0.2, 0.25) is 0 Å². The van der Waals surface area contributed by atoms with E-state index in [-0.39, 0.29) is 11.4 Å². The zero-order chi connectivity index (χ0) is 14.8. The fourth-order valence-electron chi connectivity index (χ4n) is 3.02. The lowest BCUT2D eigenvalue weighted by molar-refractivity contribution is -0.142. The summed E-state index contributed by atoms with van der Waals surface area (Å²) in [5.41, 5.74) is 1.22. The Morgan fingerprint density at radius 3 is 2.30 bits per heavy atom. The van der Waals surface area contributed by atoms with Crippen molar-refractivity contribution in [3.8, 4) is 0 Å². The molecule has 2 nitrogen and oxygen atoms in total. The normalized spacial score (nSPS) is 13.8. The first-order valence-electron chi connectivity index (χ1n) is 7.81. The average molecular weight is 276 g/mol. The quantitative estimate of drug-likeness (QED) is 0.475. The highest BCUT2D eigenvalue weighted by molar-refractivity contribution is 5.71. The molecule has 20 heavy (non-hydrogen) atoms. The molecule has 1 aromatic carbocycles. The summed E-state index contributed by atoms with van der Waals surface area (Å²) in [5, 5.41) is 0. The van der Waals surface area contributed by atoms with E-state index in [1.165, 1.54) is 31.9 Å². The average Bonchev–Trinajstić information content (AvgIpc) is 2.48. The Labute approximate surface area is 123 Å². The first-order chi connectivity index (χ1) is 9.68. The van der Waals surface area contributed by atoms with Gasteiger partial charge in [0.25, 0.3) is 0 Å². The standard InChI is InChI=1S/C18H28O2/c1-4-6-10-14-18(13-5-2,15-17(19)20-3)16-11-8-7-9-12-16/h7-9,11-12H,4-6,10,13-15H2,1-3H3. The minimum absolute atomic E-state index is 0.0573. The number of esters is 1. The molecule has 0 fully saturated rings. The molecular formula is C18H28O2. The Balaban J connectivity index is 3.01. The van der Waals surface area contributed by atoms with Crippen LogP contribution in [0.1, 0.15) is 64.4 Å². The molecule has 0 aromatic heterocycles. The molecule has 0 spiro atoms. The van der Waals surface area contributed by atoms with Crippen LogP contribution in [0, 0.1) is 0 Å². The second-order valence-corrected chi connectivity index (χ2v) is 5.61. The molecule has 0 heterocycles. The van der Waals surface area contributed by atoms with Gasteiger partial charge in [0.05, 0.1) is 13.5 Å². The molecule has 0 bridgehead atoms. The van der Waals surface area contributed by atoms with Crippen molar-refractivity contribution in [1.82, 2.24) is 0 Å². The fourth-order valence-corrected chi connectivity index (χ4v) is 3.02. The van der Waals surface area contributed by atoms with Gasteiger partial charge in [-0.2, -0.15) is 0 Å². The van der Waals surface area contributed by atoms with E-state index < -0.39 is 0 Å². The predicted molar refractivity (Wildman–Crippen MR) is 83.8 cm³/mol. The number of unbranched alkanes of at least 4 members (excludes halogenated alkanes) is 2. The van der Waals surface area contributed by atoms with E-state index in [0.717, 1.165) is 19.3 Å². The Bertz CT molecular complexity index is 386. The predicted octanol–water partition coefficient (Wildman–Crippen LogP) is 4.87. The molecule has 1 atom stereocenters. The van der Waals surface area contributed by atoms with Crippen LogP contribution in [0.15, 0.2) is 30.3 Å². The lowest BCUT2D eigenvalue weighted by atomic mass is 9.70. The SMILES string of the molecule is CCCCCC(CCC)(CC(=O)OC)c1ccccc1. The summed E-state index contributed by atoms with van der Waals surface area (Å²) < 4.78 is 4.94. The van der Waals surface area contributed by atoms with E-state index in [2.05, 4.69) is 38.1 Å². The van der Waals surface area contributed by atoms with Gasteiger partial charge < -0.3 is 4.74 Å². The summed E-state index contributed by atoms with van der Waals surface area (Å²) in [7, 11) is 1.48. The van der Waals surface area contributed by atoms with Crippen LogP contribution in [0.25, 0.3) is 0 Å². The number of carbonyl (C=O) groups excluding carboxylic acids is 1. The molecule has 1 rings (SSSR count). The van der Waals surface area contributed by atoms with Gasteiger partial charge in [-0.25, -0.2) is 0 Å². The van der Waals surface area contributed by atoms with Gasteiger partial charge in [-0.15, -0.1) is 0 Å². The highest BCUT2D eigenvalue weighted by atomic mass is 16.5. The van der Waals surface area contributed by atoms with Crippen LogP contribution in [-0.2, 0) is 14.9 Å². The van der Waals surface area contributed by atoms with E-state index in [0.29, 0.717) is 6.42 Å². The highest BCUT2D eigenvalue weighted by Crippen LogP contribution is 2.38. The molecule has 1 unspecified atom stereocenters. The number of hydrogen-bond acceptors (Lipinski definition) is 2. The molecule has 0 saturated heterocycles. The van der Waals surface area contributed by atoms with Crippen molar-refractivity contribution in [2.75, 3.05) is 7.11 Å². The third-order valence-corrected chi connectivity index (χ3v) is 4.08. The Morgan fingerprint density at radius 2 is 1.75 bits per heavy atom. The maximum atomic E-state index is 11.9. The van der Waals surface area contributed by atoms with Gasteiger partial charge in [-0.1, -0.05) is 69.9 Å². The van der Waals surface area contributed by atoms with E-state index in [9.17, 15) is 4.79 Å². The summed E-state index contributed by atoms with van der Waals surface area (Å²) in [5.74, 6) is -0.0983. The molecule has 2 heteroatoms. The van der Waals surface area contributed by atoms with Crippen LogP contribution >= 0.6 is 0 Å². The first-order valence-corrected chi connectivity index (χ1v) is 7.81. The smallest absolute Gasteiger partial charge is 0.306 e. The van der Waals surface area contributed by atoms with Crippen molar-refractivity contribution in [2.45, 2.75) is 64.2 Å². The molecule has 0 aliphatic heterocycles.